The van der Waals surface area contributed by atoms with Crippen LogP contribution in [0, 0.1) is 0 Å². The van der Waals surface area contributed by atoms with Crippen molar-refractivity contribution in [3.05, 3.63) is 206 Å². The molecule has 0 unspecified atom stereocenters. The SMILES string of the molecule is c1ccc(-c2cccc(-c3cc(-c4ccc5oc6ccccc6c5c4)cc(-c4cc(-c5ccc6ccc7ccccc7c6c5)nc(-c5ccccc5)n4)c3)c2)cc1. The molecule has 2 aromatic heterocycles. The van der Waals surface area contributed by atoms with Gasteiger partial charge in [-0.05, 0) is 110 Å². The molecule has 0 N–H and O–H groups in total. The van der Waals surface area contributed by atoms with Crippen molar-refractivity contribution in [2.24, 2.45) is 0 Å². The lowest BCUT2D eigenvalue weighted by Crippen LogP contribution is -1.97. The van der Waals surface area contributed by atoms with Crippen LogP contribution in [0.3, 0.4) is 0 Å². The predicted octanol–water partition coefficient (Wildman–Crippen LogP) is 14.7. The number of nitrogens with zero attached hydrogens (tertiary/aromatic N) is 2. The van der Waals surface area contributed by atoms with Crippen LogP contribution >= 0.6 is 0 Å². The fourth-order valence-electron chi connectivity index (χ4n) is 8.14. The van der Waals surface area contributed by atoms with Crippen molar-refractivity contribution in [1.29, 1.82) is 0 Å². The molecule has 0 aliphatic rings. The summed E-state index contributed by atoms with van der Waals surface area (Å²) in [6.07, 6.45) is 0. The molecule has 0 spiro atoms. The third-order valence-corrected chi connectivity index (χ3v) is 11.0. The van der Waals surface area contributed by atoms with Crippen LogP contribution < -0.4 is 0 Å². The first-order chi connectivity index (χ1) is 28.2. The van der Waals surface area contributed by atoms with E-state index in [2.05, 4.69) is 176 Å². The molecule has 0 saturated heterocycles. The van der Waals surface area contributed by atoms with Gasteiger partial charge in [0.2, 0.25) is 0 Å². The van der Waals surface area contributed by atoms with E-state index in [0.29, 0.717) is 5.82 Å². The van der Waals surface area contributed by atoms with Crippen molar-refractivity contribution in [2.75, 3.05) is 0 Å². The maximum absolute atomic E-state index is 6.23. The van der Waals surface area contributed by atoms with Crippen molar-refractivity contribution in [2.45, 2.75) is 0 Å². The van der Waals surface area contributed by atoms with Gasteiger partial charge in [0.25, 0.3) is 0 Å². The molecular formula is C54H34N2O. The average molecular weight is 727 g/mol. The summed E-state index contributed by atoms with van der Waals surface area (Å²) < 4.78 is 6.23. The topological polar surface area (TPSA) is 38.9 Å². The van der Waals surface area contributed by atoms with Gasteiger partial charge >= 0.3 is 0 Å². The maximum Gasteiger partial charge on any atom is 0.160 e. The molecule has 0 amide bonds. The van der Waals surface area contributed by atoms with Crippen LogP contribution in [-0.4, -0.2) is 9.97 Å². The van der Waals surface area contributed by atoms with E-state index in [4.69, 9.17) is 14.4 Å². The van der Waals surface area contributed by atoms with Gasteiger partial charge in [-0.2, -0.15) is 0 Å². The lowest BCUT2D eigenvalue weighted by Gasteiger charge is -2.14. The molecule has 0 radical (unpaired) electrons. The minimum atomic E-state index is 0.686. The molecule has 57 heavy (non-hydrogen) atoms. The largest absolute Gasteiger partial charge is 0.456 e. The summed E-state index contributed by atoms with van der Waals surface area (Å²) in [4.78, 5) is 10.5. The number of rotatable bonds is 6. The summed E-state index contributed by atoms with van der Waals surface area (Å²) >= 11 is 0. The fourth-order valence-corrected chi connectivity index (χ4v) is 8.14. The van der Waals surface area contributed by atoms with Crippen LogP contribution in [0.25, 0.3) is 111 Å². The summed E-state index contributed by atoms with van der Waals surface area (Å²) in [7, 11) is 0. The lowest BCUT2D eigenvalue weighted by molar-refractivity contribution is 0.669. The second-order valence-corrected chi connectivity index (χ2v) is 14.6. The number of benzene rings is 9. The van der Waals surface area contributed by atoms with Crippen molar-refractivity contribution in [3.8, 4) is 67.3 Å². The molecule has 0 atom stereocenters. The molecule has 3 heteroatoms. The maximum atomic E-state index is 6.23. The highest BCUT2D eigenvalue weighted by Gasteiger charge is 2.16. The number of hydrogen-bond acceptors (Lipinski definition) is 3. The average Bonchev–Trinajstić information content (AvgIpc) is 3.67. The predicted molar refractivity (Wildman–Crippen MR) is 237 cm³/mol. The van der Waals surface area contributed by atoms with Gasteiger partial charge in [-0.15, -0.1) is 0 Å². The van der Waals surface area contributed by atoms with Gasteiger partial charge in [-0.1, -0.05) is 152 Å². The standard InChI is InChI=1S/C54H34N2O/c1-3-12-35(13-4-1)39-17-11-18-40(28-39)43-29-44(41-26-27-53-49(32-41)47-20-9-10-21-52(47)57-53)31-45(30-43)51-34-50(55-54(56-51)38-15-5-2-6-16-38)42-25-24-37-23-22-36-14-7-8-19-46(36)48(37)33-42/h1-34H. The Balaban J connectivity index is 1.13. The zero-order valence-electron chi connectivity index (χ0n) is 30.9. The zero-order chi connectivity index (χ0) is 37.7. The highest BCUT2D eigenvalue weighted by atomic mass is 16.3. The van der Waals surface area contributed by atoms with Gasteiger partial charge in [-0.25, -0.2) is 9.97 Å². The number of para-hydroxylation sites is 1. The van der Waals surface area contributed by atoms with Crippen molar-refractivity contribution < 1.29 is 4.42 Å². The van der Waals surface area contributed by atoms with Gasteiger partial charge in [0, 0.05) is 27.5 Å². The van der Waals surface area contributed by atoms with Crippen LogP contribution in [-0.2, 0) is 0 Å². The second-order valence-electron chi connectivity index (χ2n) is 14.6. The van der Waals surface area contributed by atoms with Crippen LogP contribution in [0.15, 0.2) is 211 Å². The monoisotopic (exact) mass is 726 g/mol. The summed E-state index contributed by atoms with van der Waals surface area (Å²) in [5, 5.41) is 7.06. The third-order valence-electron chi connectivity index (χ3n) is 11.0. The van der Waals surface area contributed by atoms with E-state index in [0.717, 1.165) is 72.3 Å². The molecule has 0 aliphatic heterocycles. The number of fused-ring (bicyclic) bond motifs is 6. The molecule has 0 saturated carbocycles. The molecule has 3 nitrogen and oxygen atoms in total. The van der Waals surface area contributed by atoms with Gasteiger partial charge < -0.3 is 4.42 Å². The van der Waals surface area contributed by atoms with Crippen molar-refractivity contribution in [3.63, 3.8) is 0 Å². The van der Waals surface area contributed by atoms with Gasteiger partial charge in [0.05, 0.1) is 11.4 Å². The Morgan fingerprint density at radius 1 is 0.263 bits per heavy atom. The number of hydrogen-bond donors (Lipinski definition) is 0. The second kappa shape index (κ2) is 13.6. The van der Waals surface area contributed by atoms with E-state index in [-0.39, 0.29) is 0 Å². The highest BCUT2D eigenvalue weighted by molar-refractivity contribution is 6.09. The molecule has 11 rings (SSSR count). The Bertz CT molecular complexity index is 3290. The summed E-state index contributed by atoms with van der Waals surface area (Å²) in [6, 6.07) is 73.0. The first-order valence-electron chi connectivity index (χ1n) is 19.3. The van der Waals surface area contributed by atoms with E-state index in [9.17, 15) is 0 Å². The van der Waals surface area contributed by atoms with Gasteiger partial charge in [0.15, 0.2) is 5.82 Å². The molecule has 11 aromatic rings. The molecule has 2 heterocycles. The summed E-state index contributed by atoms with van der Waals surface area (Å²) in [5.74, 6) is 0.686. The summed E-state index contributed by atoms with van der Waals surface area (Å²) in [6.45, 7) is 0. The van der Waals surface area contributed by atoms with E-state index >= 15 is 0 Å². The van der Waals surface area contributed by atoms with Crippen LogP contribution in [0.2, 0.25) is 0 Å². The normalized spacial score (nSPS) is 11.5. The fraction of sp³-hybridized carbons (Fsp3) is 0. The zero-order valence-corrected chi connectivity index (χ0v) is 30.9. The Morgan fingerprint density at radius 3 is 1.56 bits per heavy atom. The van der Waals surface area contributed by atoms with Crippen LogP contribution in [0.1, 0.15) is 0 Å². The molecule has 0 aliphatic carbocycles. The molecule has 0 fully saturated rings. The Hall–Kier alpha value is -7.62. The van der Waals surface area contributed by atoms with E-state index in [1.165, 1.54) is 32.7 Å². The minimum Gasteiger partial charge on any atom is -0.456 e. The number of furan rings is 1. The first kappa shape index (κ1) is 32.8. The first-order valence-corrected chi connectivity index (χ1v) is 19.3. The lowest BCUT2D eigenvalue weighted by atomic mass is 9.92. The Kier molecular flexibility index (Phi) is 7.82. The highest BCUT2D eigenvalue weighted by Crippen LogP contribution is 2.39. The van der Waals surface area contributed by atoms with Crippen molar-refractivity contribution in [1.82, 2.24) is 9.97 Å². The Labute approximate surface area is 330 Å². The molecular weight excluding hydrogens is 693 g/mol. The van der Waals surface area contributed by atoms with E-state index in [1.807, 2.05) is 30.3 Å². The minimum absolute atomic E-state index is 0.686. The van der Waals surface area contributed by atoms with Crippen LogP contribution in [0.5, 0.6) is 0 Å². The number of aromatic nitrogens is 2. The molecule has 9 aromatic carbocycles. The van der Waals surface area contributed by atoms with Crippen LogP contribution in [0.4, 0.5) is 0 Å². The quantitative estimate of drug-likeness (QED) is 0.160. The van der Waals surface area contributed by atoms with E-state index in [1.54, 1.807) is 0 Å². The Morgan fingerprint density at radius 2 is 0.772 bits per heavy atom. The third kappa shape index (κ3) is 6.03. The molecule has 266 valence electrons. The molecule has 0 bridgehead atoms. The van der Waals surface area contributed by atoms with Gasteiger partial charge in [-0.3, -0.25) is 0 Å². The smallest absolute Gasteiger partial charge is 0.160 e. The summed E-state index contributed by atoms with van der Waals surface area (Å²) in [5.41, 5.74) is 13.3. The van der Waals surface area contributed by atoms with Gasteiger partial charge in [0.1, 0.15) is 11.2 Å². The van der Waals surface area contributed by atoms with E-state index < -0.39 is 0 Å². The van der Waals surface area contributed by atoms with Crippen molar-refractivity contribution >= 4 is 43.5 Å².